The van der Waals surface area contributed by atoms with Crippen molar-refractivity contribution in [3.8, 4) is 11.1 Å². The number of benzene rings is 2. The van der Waals surface area contributed by atoms with Gasteiger partial charge in [0.2, 0.25) is 0 Å². The van der Waals surface area contributed by atoms with Gasteiger partial charge in [-0.25, -0.2) is 14.6 Å². The second-order valence-corrected chi connectivity index (χ2v) is 8.66. The molecule has 0 fully saturated rings. The van der Waals surface area contributed by atoms with Crippen LogP contribution in [-0.2, 0) is 17.7 Å². The van der Waals surface area contributed by atoms with E-state index in [2.05, 4.69) is 17.6 Å². The number of aromatic carboxylic acids is 1. The largest absolute Gasteiger partial charge is 0.478 e. The molecule has 6 nitrogen and oxygen atoms in total. The first kappa shape index (κ1) is 24.2. The molecule has 35 heavy (non-hydrogen) atoms. The third kappa shape index (κ3) is 5.11. The van der Waals surface area contributed by atoms with E-state index < -0.39 is 11.9 Å². The Kier molecular flexibility index (Phi) is 7.30. The molecule has 2 aromatic carbocycles. The van der Waals surface area contributed by atoms with Crippen LogP contribution in [0.25, 0.3) is 22.2 Å². The number of aromatic nitrogens is 2. The van der Waals surface area contributed by atoms with Crippen molar-refractivity contribution < 1.29 is 19.4 Å². The average Bonchev–Trinajstić information content (AvgIpc) is 3.21. The van der Waals surface area contributed by atoms with Gasteiger partial charge in [-0.1, -0.05) is 55.8 Å². The first-order valence-electron chi connectivity index (χ1n) is 12.0. The van der Waals surface area contributed by atoms with Gasteiger partial charge in [0.25, 0.3) is 0 Å². The van der Waals surface area contributed by atoms with Gasteiger partial charge in [0.05, 0.1) is 12.2 Å². The Bertz CT molecular complexity index is 1370. The maximum Gasteiger partial charge on any atom is 0.357 e. The zero-order valence-electron chi connectivity index (χ0n) is 20.4. The number of unbranched alkanes of at least 4 members (excludes halogenated alkanes) is 1. The number of rotatable bonds is 9. The van der Waals surface area contributed by atoms with E-state index in [0.717, 1.165) is 47.0 Å². The number of carboxylic acids is 1. The minimum absolute atomic E-state index is 0.282. The molecule has 6 heteroatoms. The van der Waals surface area contributed by atoms with Crippen molar-refractivity contribution in [1.29, 1.82) is 0 Å². The minimum atomic E-state index is -0.942. The molecule has 0 bridgehead atoms. The van der Waals surface area contributed by atoms with Gasteiger partial charge in [-0.15, -0.1) is 0 Å². The van der Waals surface area contributed by atoms with Crippen LogP contribution in [0.4, 0.5) is 0 Å². The van der Waals surface area contributed by atoms with Crippen molar-refractivity contribution in [2.75, 3.05) is 6.61 Å². The summed E-state index contributed by atoms with van der Waals surface area (Å²) in [4.78, 5) is 28.7. The van der Waals surface area contributed by atoms with Gasteiger partial charge in [-0.05, 0) is 67.1 Å². The molecule has 0 saturated heterocycles. The molecule has 0 atom stereocenters. The first-order chi connectivity index (χ1) is 16.9. The number of nitrogens with zero attached hydrogens (tertiary/aromatic N) is 2. The molecule has 2 aromatic heterocycles. The Morgan fingerprint density at radius 2 is 1.77 bits per heavy atom. The highest BCUT2D eigenvalue weighted by Gasteiger charge is 2.17. The normalized spacial score (nSPS) is 11.1. The van der Waals surface area contributed by atoms with Crippen LogP contribution >= 0.6 is 0 Å². The Morgan fingerprint density at radius 3 is 2.46 bits per heavy atom. The Labute approximate surface area is 205 Å². The van der Waals surface area contributed by atoms with Crippen molar-refractivity contribution in [3.05, 3.63) is 88.7 Å². The lowest BCUT2D eigenvalue weighted by atomic mass is 9.99. The molecule has 0 aliphatic rings. The van der Waals surface area contributed by atoms with Crippen molar-refractivity contribution in [3.63, 3.8) is 0 Å². The molecule has 0 aliphatic carbocycles. The fourth-order valence-corrected chi connectivity index (χ4v) is 4.38. The summed E-state index contributed by atoms with van der Waals surface area (Å²) < 4.78 is 7.37. The summed E-state index contributed by atoms with van der Waals surface area (Å²) in [6.07, 6.45) is 3.07. The fourth-order valence-electron chi connectivity index (χ4n) is 4.38. The van der Waals surface area contributed by atoms with Crippen LogP contribution in [0.3, 0.4) is 0 Å². The average molecular weight is 471 g/mol. The van der Waals surface area contributed by atoms with Gasteiger partial charge in [-0.3, -0.25) is 0 Å². The van der Waals surface area contributed by atoms with Crippen LogP contribution in [0.5, 0.6) is 0 Å². The second-order valence-electron chi connectivity index (χ2n) is 8.66. The zero-order valence-corrected chi connectivity index (χ0v) is 20.4. The molecule has 0 aliphatic heterocycles. The van der Waals surface area contributed by atoms with Gasteiger partial charge in [0, 0.05) is 17.6 Å². The van der Waals surface area contributed by atoms with E-state index in [1.807, 2.05) is 43.3 Å². The minimum Gasteiger partial charge on any atom is -0.478 e. The van der Waals surface area contributed by atoms with Crippen LogP contribution in [0, 0.1) is 6.92 Å². The number of aryl methyl sites for hydroxylation is 2. The predicted molar refractivity (Wildman–Crippen MR) is 137 cm³/mol. The Morgan fingerprint density at radius 1 is 1.03 bits per heavy atom. The Balaban J connectivity index is 1.73. The third-order valence-electron chi connectivity index (χ3n) is 6.19. The third-order valence-corrected chi connectivity index (χ3v) is 6.19. The highest BCUT2D eigenvalue weighted by Crippen LogP contribution is 2.27. The fraction of sp³-hybridized carbons (Fsp3) is 0.276. The van der Waals surface area contributed by atoms with E-state index in [4.69, 9.17) is 9.72 Å². The van der Waals surface area contributed by atoms with Crippen LogP contribution in [0.2, 0.25) is 0 Å². The molecule has 0 unspecified atom stereocenters. The lowest BCUT2D eigenvalue weighted by Gasteiger charge is -2.12. The number of carboxylic acid groups (broad SMARTS) is 1. The molecule has 0 spiro atoms. The first-order valence-corrected chi connectivity index (χ1v) is 12.0. The van der Waals surface area contributed by atoms with Crippen molar-refractivity contribution in [2.45, 2.75) is 46.6 Å². The number of hydrogen-bond donors (Lipinski definition) is 1. The number of pyridine rings is 1. The van der Waals surface area contributed by atoms with E-state index in [1.54, 1.807) is 25.1 Å². The molecule has 180 valence electrons. The number of carbonyl (C=O) groups excluding carboxylic acids is 1. The summed E-state index contributed by atoms with van der Waals surface area (Å²) in [5.74, 6) is -1.36. The van der Waals surface area contributed by atoms with Gasteiger partial charge in [-0.2, -0.15) is 0 Å². The smallest absolute Gasteiger partial charge is 0.357 e. The second kappa shape index (κ2) is 10.6. The maximum absolute atomic E-state index is 12.4. The summed E-state index contributed by atoms with van der Waals surface area (Å²) in [5.41, 5.74) is 6.17. The van der Waals surface area contributed by atoms with Crippen LogP contribution < -0.4 is 0 Å². The predicted octanol–water partition coefficient (Wildman–Crippen LogP) is 6.28. The van der Waals surface area contributed by atoms with Crippen molar-refractivity contribution in [2.24, 2.45) is 0 Å². The number of hydrogen-bond acceptors (Lipinski definition) is 4. The summed E-state index contributed by atoms with van der Waals surface area (Å²) in [7, 11) is 0. The lowest BCUT2D eigenvalue weighted by Crippen LogP contribution is -2.10. The molecule has 4 rings (SSSR count). The van der Waals surface area contributed by atoms with E-state index in [0.29, 0.717) is 24.4 Å². The molecule has 2 heterocycles. The molecule has 4 aromatic rings. The SMILES string of the molecule is CCCCc1cc2c(C)cc(C(=O)OCC)nc2n1Cc1ccc(-c2ccccc2C(=O)O)cc1. The van der Waals surface area contributed by atoms with Crippen molar-refractivity contribution in [1.82, 2.24) is 9.55 Å². The summed E-state index contributed by atoms with van der Waals surface area (Å²) in [6.45, 7) is 6.85. The highest BCUT2D eigenvalue weighted by molar-refractivity contribution is 5.96. The van der Waals surface area contributed by atoms with E-state index in [-0.39, 0.29) is 5.56 Å². The highest BCUT2D eigenvalue weighted by atomic mass is 16.5. The monoisotopic (exact) mass is 470 g/mol. The van der Waals surface area contributed by atoms with E-state index in [9.17, 15) is 14.7 Å². The lowest BCUT2D eigenvalue weighted by molar-refractivity contribution is 0.0519. The van der Waals surface area contributed by atoms with Crippen molar-refractivity contribution >= 4 is 23.0 Å². The topological polar surface area (TPSA) is 81.4 Å². The molecule has 0 saturated carbocycles. The number of fused-ring (bicyclic) bond motifs is 1. The van der Waals surface area contributed by atoms with E-state index in [1.165, 1.54) is 5.69 Å². The van der Waals surface area contributed by atoms with E-state index >= 15 is 0 Å². The molecule has 1 N–H and O–H groups in total. The number of esters is 1. The van der Waals surface area contributed by atoms with Gasteiger partial charge in [0.15, 0.2) is 5.69 Å². The number of carbonyl (C=O) groups is 2. The molecular weight excluding hydrogens is 440 g/mol. The molecule has 0 radical (unpaired) electrons. The summed E-state index contributed by atoms with van der Waals surface area (Å²) in [6, 6.07) is 18.9. The van der Waals surface area contributed by atoms with Crippen LogP contribution in [0.15, 0.2) is 60.7 Å². The van der Waals surface area contributed by atoms with Crippen LogP contribution in [-0.4, -0.2) is 33.2 Å². The van der Waals surface area contributed by atoms with Crippen LogP contribution in [0.1, 0.15) is 64.4 Å². The zero-order chi connectivity index (χ0) is 24.9. The quantitative estimate of drug-likeness (QED) is 0.291. The molecule has 0 amide bonds. The Hall–Kier alpha value is -3.93. The summed E-state index contributed by atoms with van der Waals surface area (Å²) in [5, 5.41) is 10.6. The van der Waals surface area contributed by atoms with Gasteiger partial charge >= 0.3 is 11.9 Å². The molecular formula is C29H30N2O4. The summed E-state index contributed by atoms with van der Waals surface area (Å²) >= 11 is 0. The van der Waals surface area contributed by atoms with Gasteiger partial charge in [0.1, 0.15) is 5.65 Å². The maximum atomic E-state index is 12.4. The number of ether oxygens (including phenoxy) is 1. The van der Waals surface area contributed by atoms with Gasteiger partial charge < -0.3 is 14.4 Å². The standard InChI is InChI=1S/C29H30N2O4/c1-4-6-9-22-17-25-19(3)16-26(29(34)35-5-2)30-27(25)31(22)18-20-12-14-21(15-13-20)23-10-7-8-11-24(23)28(32)33/h7-8,10-17H,4-6,9,18H2,1-3H3,(H,32,33).